The quantitative estimate of drug-likeness (QED) is 0.571. The number of carbonyl (C=O) groups excluding carboxylic acids is 1. The van der Waals surface area contributed by atoms with Crippen LogP contribution in [0.4, 0.5) is 5.69 Å². The molecule has 0 aliphatic carbocycles. The first-order valence-corrected chi connectivity index (χ1v) is 10.5. The summed E-state index contributed by atoms with van der Waals surface area (Å²) in [4.78, 5) is 15.1. The lowest BCUT2D eigenvalue weighted by Crippen LogP contribution is -2.30. The maximum Gasteiger partial charge on any atom is 0.340 e. The Morgan fingerprint density at radius 1 is 0.968 bits per heavy atom. The van der Waals surface area contributed by atoms with Crippen LogP contribution in [0.2, 0.25) is 0 Å². The Hall–Kier alpha value is -3.47. The van der Waals surface area contributed by atoms with Gasteiger partial charge in [-0.1, -0.05) is 29.8 Å². The summed E-state index contributed by atoms with van der Waals surface area (Å²) in [6.07, 6.45) is 0. The monoisotopic (exact) mass is 417 g/mol. The van der Waals surface area contributed by atoms with E-state index in [9.17, 15) is 9.90 Å². The first kappa shape index (κ1) is 20.8. The minimum Gasteiger partial charge on any atom is -0.507 e. The average Bonchev–Trinajstić information content (AvgIpc) is 3.08. The molecule has 0 bridgehead atoms. The fourth-order valence-corrected chi connectivity index (χ4v) is 4.46. The molecule has 1 heterocycles. The van der Waals surface area contributed by atoms with E-state index >= 15 is 0 Å². The number of phenols is 1. The standard InChI is InChI=1S/C26H27NO4/c1-5-27(6-2)18-12-13-21(23(28)16-18)26(22-15-17(3)11-14-24(22)30-4)20-10-8-7-9-19(20)25(29)31-26/h7-16,28H,5-6H2,1-4H3. The number of esters is 1. The van der Waals surface area contributed by atoms with E-state index in [1.165, 1.54) is 0 Å². The third-order valence-corrected chi connectivity index (χ3v) is 6.00. The van der Waals surface area contributed by atoms with Gasteiger partial charge in [-0.25, -0.2) is 4.79 Å². The van der Waals surface area contributed by atoms with Crippen LogP contribution in [0.15, 0.2) is 60.7 Å². The van der Waals surface area contributed by atoms with Crippen molar-refractivity contribution in [2.24, 2.45) is 0 Å². The van der Waals surface area contributed by atoms with Gasteiger partial charge < -0.3 is 19.5 Å². The van der Waals surface area contributed by atoms with E-state index in [1.54, 1.807) is 19.2 Å². The van der Waals surface area contributed by atoms with E-state index in [4.69, 9.17) is 9.47 Å². The highest BCUT2D eigenvalue weighted by molar-refractivity contribution is 5.96. The molecule has 1 aliphatic rings. The SMILES string of the molecule is CCN(CC)c1ccc(C2(c3cc(C)ccc3OC)OC(=O)c3ccccc32)c(O)c1. The van der Waals surface area contributed by atoms with Crippen LogP contribution in [-0.4, -0.2) is 31.3 Å². The summed E-state index contributed by atoms with van der Waals surface area (Å²) in [5.41, 5.74) is 2.96. The molecule has 1 unspecified atom stereocenters. The number of cyclic esters (lactones) is 1. The number of anilines is 1. The van der Waals surface area contributed by atoms with Crippen LogP contribution in [0.1, 0.15) is 46.5 Å². The van der Waals surface area contributed by atoms with Crippen molar-refractivity contribution in [3.05, 3.63) is 88.5 Å². The van der Waals surface area contributed by atoms with Crippen LogP contribution in [-0.2, 0) is 10.3 Å². The van der Waals surface area contributed by atoms with Gasteiger partial charge in [-0.05, 0) is 51.1 Å². The average molecular weight is 418 g/mol. The highest BCUT2D eigenvalue weighted by atomic mass is 16.6. The molecule has 0 spiro atoms. The molecule has 5 heteroatoms. The fourth-order valence-electron chi connectivity index (χ4n) is 4.46. The van der Waals surface area contributed by atoms with Crippen molar-refractivity contribution in [2.45, 2.75) is 26.4 Å². The first-order valence-electron chi connectivity index (χ1n) is 10.5. The molecule has 0 saturated heterocycles. The molecule has 3 aromatic carbocycles. The molecule has 31 heavy (non-hydrogen) atoms. The number of aromatic hydroxyl groups is 1. The maximum absolute atomic E-state index is 12.9. The van der Waals surface area contributed by atoms with Gasteiger partial charge in [0.1, 0.15) is 11.5 Å². The van der Waals surface area contributed by atoms with Gasteiger partial charge in [-0.2, -0.15) is 0 Å². The van der Waals surface area contributed by atoms with Crippen molar-refractivity contribution >= 4 is 11.7 Å². The number of hydrogen-bond acceptors (Lipinski definition) is 5. The molecule has 1 atom stereocenters. The van der Waals surface area contributed by atoms with Crippen LogP contribution in [0, 0.1) is 6.92 Å². The van der Waals surface area contributed by atoms with E-state index in [0.717, 1.165) is 24.3 Å². The molecule has 0 fully saturated rings. The predicted molar refractivity (Wildman–Crippen MR) is 121 cm³/mol. The molecular weight excluding hydrogens is 390 g/mol. The summed E-state index contributed by atoms with van der Waals surface area (Å²) < 4.78 is 11.8. The maximum atomic E-state index is 12.9. The van der Waals surface area contributed by atoms with E-state index in [2.05, 4.69) is 18.7 Å². The second-order valence-corrected chi connectivity index (χ2v) is 7.69. The van der Waals surface area contributed by atoms with Crippen molar-refractivity contribution < 1.29 is 19.4 Å². The number of carbonyl (C=O) groups is 1. The zero-order chi connectivity index (χ0) is 22.2. The highest BCUT2D eigenvalue weighted by Crippen LogP contribution is 2.52. The number of phenolic OH excluding ortho intramolecular Hbond substituents is 1. The third-order valence-electron chi connectivity index (χ3n) is 6.00. The van der Waals surface area contributed by atoms with E-state index in [1.807, 2.05) is 55.5 Å². The van der Waals surface area contributed by atoms with Gasteiger partial charge in [-0.15, -0.1) is 0 Å². The largest absolute Gasteiger partial charge is 0.507 e. The molecule has 0 aromatic heterocycles. The highest BCUT2D eigenvalue weighted by Gasteiger charge is 2.51. The number of aryl methyl sites for hydroxylation is 1. The molecule has 1 N–H and O–H groups in total. The number of rotatable bonds is 6. The number of fused-ring (bicyclic) bond motifs is 1. The van der Waals surface area contributed by atoms with Crippen molar-refractivity contribution in [2.75, 3.05) is 25.1 Å². The van der Waals surface area contributed by atoms with Crippen LogP contribution >= 0.6 is 0 Å². The van der Waals surface area contributed by atoms with Crippen LogP contribution in [0.3, 0.4) is 0 Å². The Balaban J connectivity index is 2.04. The zero-order valence-corrected chi connectivity index (χ0v) is 18.3. The lowest BCUT2D eigenvalue weighted by molar-refractivity contribution is 0.0239. The number of hydrogen-bond donors (Lipinski definition) is 1. The van der Waals surface area contributed by atoms with Crippen LogP contribution < -0.4 is 9.64 Å². The molecular formula is C26H27NO4. The summed E-state index contributed by atoms with van der Waals surface area (Å²) in [5, 5.41) is 11.2. The van der Waals surface area contributed by atoms with Gasteiger partial charge in [0.15, 0.2) is 5.60 Å². The van der Waals surface area contributed by atoms with Gasteiger partial charge in [0, 0.05) is 41.5 Å². The first-order chi connectivity index (χ1) is 15.0. The zero-order valence-electron chi connectivity index (χ0n) is 18.3. The number of methoxy groups -OCH3 is 1. The smallest absolute Gasteiger partial charge is 0.340 e. The molecule has 5 nitrogen and oxygen atoms in total. The van der Waals surface area contributed by atoms with Crippen molar-refractivity contribution in [3.63, 3.8) is 0 Å². The number of ether oxygens (including phenoxy) is 2. The van der Waals surface area contributed by atoms with Gasteiger partial charge in [0.2, 0.25) is 0 Å². The lowest BCUT2D eigenvalue weighted by Gasteiger charge is -2.33. The minimum absolute atomic E-state index is 0.0671. The van der Waals surface area contributed by atoms with Gasteiger partial charge >= 0.3 is 5.97 Å². The molecule has 160 valence electrons. The Bertz CT molecular complexity index is 1140. The Morgan fingerprint density at radius 3 is 2.39 bits per heavy atom. The molecule has 1 aliphatic heterocycles. The predicted octanol–water partition coefficient (Wildman–Crippen LogP) is 5.02. The Morgan fingerprint density at radius 2 is 1.71 bits per heavy atom. The summed E-state index contributed by atoms with van der Waals surface area (Å²) in [5.74, 6) is 0.228. The van der Waals surface area contributed by atoms with E-state index in [-0.39, 0.29) is 5.75 Å². The molecule has 0 saturated carbocycles. The van der Waals surface area contributed by atoms with E-state index in [0.29, 0.717) is 28.0 Å². The third kappa shape index (κ3) is 3.21. The topological polar surface area (TPSA) is 59.0 Å². The normalized spacial score (nSPS) is 17.2. The van der Waals surface area contributed by atoms with Gasteiger partial charge in [-0.3, -0.25) is 0 Å². The summed E-state index contributed by atoms with van der Waals surface area (Å²) in [6.45, 7) is 7.77. The Kier molecular flexibility index (Phi) is 5.36. The molecule has 0 radical (unpaired) electrons. The van der Waals surface area contributed by atoms with E-state index < -0.39 is 11.6 Å². The fraction of sp³-hybridized carbons (Fsp3) is 0.269. The minimum atomic E-state index is -1.31. The molecule has 3 aromatic rings. The number of benzene rings is 3. The summed E-state index contributed by atoms with van der Waals surface area (Å²) in [6, 6.07) is 18.6. The van der Waals surface area contributed by atoms with Crippen molar-refractivity contribution in [1.82, 2.24) is 0 Å². The number of nitrogens with zero attached hydrogens (tertiary/aromatic N) is 1. The summed E-state index contributed by atoms with van der Waals surface area (Å²) in [7, 11) is 1.59. The molecule has 0 amide bonds. The van der Waals surface area contributed by atoms with Gasteiger partial charge in [0.05, 0.1) is 12.7 Å². The second kappa shape index (κ2) is 7.99. The van der Waals surface area contributed by atoms with Crippen molar-refractivity contribution in [1.29, 1.82) is 0 Å². The Labute approximate surface area is 182 Å². The summed E-state index contributed by atoms with van der Waals surface area (Å²) >= 11 is 0. The van der Waals surface area contributed by atoms with Crippen LogP contribution in [0.5, 0.6) is 11.5 Å². The van der Waals surface area contributed by atoms with Gasteiger partial charge in [0.25, 0.3) is 0 Å². The second-order valence-electron chi connectivity index (χ2n) is 7.69. The molecule has 4 rings (SSSR count). The van der Waals surface area contributed by atoms with Crippen LogP contribution in [0.25, 0.3) is 0 Å². The van der Waals surface area contributed by atoms with Crippen molar-refractivity contribution in [3.8, 4) is 11.5 Å². The lowest BCUT2D eigenvalue weighted by atomic mass is 9.78.